The van der Waals surface area contributed by atoms with Crippen LogP contribution in [0, 0.1) is 0 Å². The highest BCUT2D eigenvalue weighted by Crippen LogP contribution is 2.29. The molecule has 2 N–H and O–H groups in total. The second-order valence-electron chi connectivity index (χ2n) is 6.28. The molecular formula is C18H21N3O3. The number of likely N-dealkylation sites (N-methyl/N-ethyl adjacent to an activating group) is 1. The number of hydrogen-bond donors (Lipinski definition) is 2. The van der Waals surface area contributed by atoms with Crippen molar-refractivity contribution in [3.8, 4) is 0 Å². The van der Waals surface area contributed by atoms with E-state index in [0.717, 1.165) is 30.6 Å². The Hall–Kier alpha value is -2.44. The van der Waals surface area contributed by atoms with E-state index in [9.17, 15) is 9.59 Å². The average molecular weight is 327 g/mol. The third kappa shape index (κ3) is 3.55. The molecule has 0 aromatic heterocycles. The first-order chi connectivity index (χ1) is 11.6. The number of carbonyl (C=O) groups excluding carboxylic acids is 2. The lowest BCUT2D eigenvalue weighted by Gasteiger charge is -2.31. The van der Waals surface area contributed by atoms with Gasteiger partial charge in [0, 0.05) is 37.3 Å². The maximum atomic E-state index is 12.3. The first-order valence-corrected chi connectivity index (χ1v) is 7.98. The van der Waals surface area contributed by atoms with E-state index in [0.29, 0.717) is 12.1 Å². The number of piperazine rings is 1. The smallest absolute Gasteiger partial charge is 0.267 e. The van der Waals surface area contributed by atoms with Crippen LogP contribution < -0.4 is 5.48 Å². The maximum Gasteiger partial charge on any atom is 0.267 e. The number of carbonyl (C=O) groups is 2. The number of rotatable bonds is 4. The summed E-state index contributed by atoms with van der Waals surface area (Å²) in [5.74, 6) is -0.505. The predicted molar refractivity (Wildman–Crippen MR) is 91.0 cm³/mol. The molecule has 2 amide bonds. The summed E-state index contributed by atoms with van der Waals surface area (Å²) in [6, 6.07) is 8.31. The first-order valence-electron chi connectivity index (χ1n) is 7.98. The molecule has 0 unspecified atom stereocenters. The van der Waals surface area contributed by atoms with E-state index in [4.69, 9.17) is 5.21 Å². The molecule has 0 spiro atoms. The molecule has 2 heterocycles. The summed E-state index contributed by atoms with van der Waals surface area (Å²) >= 11 is 0. The van der Waals surface area contributed by atoms with E-state index >= 15 is 0 Å². The van der Waals surface area contributed by atoms with Crippen molar-refractivity contribution in [3.63, 3.8) is 0 Å². The Morgan fingerprint density at radius 1 is 1.08 bits per heavy atom. The Labute approximate surface area is 141 Å². The zero-order valence-electron chi connectivity index (χ0n) is 13.6. The Bertz CT molecular complexity index is 679. The van der Waals surface area contributed by atoms with Gasteiger partial charge < -0.3 is 4.90 Å². The van der Waals surface area contributed by atoms with E-state index in [2.05, 4.69) is 11.9 Å². The lowest BCUT2D eigenvalue weighted by Crippen LogP contribution is -2.46. The quantitative estimate of drug-likeness (QED) is 0.494. The lowest BCUT2D eigenvalue weighted by molar-refractivity contribution is -0.128. The van der Waals surface area contributed by atoms with Gasteiger partial charge in [-0.2, -0.15) is 0 Å². The molecule has 6 nitrogen and oxygen atoms in total. The van der Waals surface area contributed by atoms with Gasteiger partial charge in [0.05, 0.1) is 0 Å². The molecule has 126 valence electrons. The summed E-state index contributed by atoms with van der Waals surface area (Å²) in [6.45, 7) is 1.79. The van der Waals surface area contributed by atoms with Crippen molar-refractivity contribution in [2.24, 2.45) is 0 Å². The number of nitrogens with one attached hydrogen (secondary N) is 1. The molecule has 2 saturated heterocycles. The monoisotopic (exact) mass is 327 g/mol. The zero-order chi connectivity index (χ0) is 17.1. The van der Waals surface area contributed by atoms with E-state index < -0.39 is 5.91 Å². The van der Waals surface area contributed by atoms with Crippen LogP contribution in [0.3, 0.4) is 0 Å². The van der Waals surface area contributed by atoms with Crippen LogP contribution in [0.2, 0.25) is 0 Å². The van der Waals surface area contributed by atoms with Gasteiger partial charge in [0.1, 0.15) is 0 Å². The van der Waals surface area contributed by atoms with E-state index in [1.54, 1.807) is 12.2 Å². The molecule has 6 heteroatoms. The van der Waals surface area contributed by atoms with Gasteiger partial charge in [-0.3, -0.25) is 19.7 Å². The fourth-order valence-corrected chi connectivity index (χ4v) is 3.33. The number of nitrogens with zero attached hydrogens (tertiary/aromatic N) is 2. The summed E-state index contributed by atoms with van der Waals surface area (Å²) in [5, 5.41) is 8.42. The number of hydrogen-bond acceptors (Lipinski definition) is 4. The molecule has 1 aromatic rings. The van der Waals surface area contributed by atoms with E-state index in [1.807, 2.05) is 35.2 Å². The molecule has 0 aliphatic carbocycles. The Balaban J connectivity index is 1.58. The molecule has 2 fully saturated rings. The molecular weight excluding hydrogens is 306 g/mol. The SMILES string of the molecule is CN1C[C@@H]2C[C@H]1CN2C(=O)C=Cc1ccc(C=CC(=O)NO)cc1. The molecule has 0 radical (unpaired) electrons. The molecule has 0 saturated carbocycles. The van der Waals surface area contributed by atoms with Gasteiger partial charge in [-0.1, -0.05) is 24.3 Å². The Morgan fingerprint density at radius 3 is 2.21 bits per heavy atom. The molecule has 24 heavy (non-hydrogen) atoms. The molecule has 2 aliphatic heterocycles. The standard InChI is InChI=1S/C18H21N3O3/c1-20-11-16-10-15(20)12-21(16)18(23)9-7-14-4-2-13(3-5-14)6-8-17(22)19-24/h2-9,15-16,24H,10-12H2,1H3,(H,19,22)/t15-,16-/m0/s1. The third-order valence-electron chi connectivity index (χ3n) is 4.69. The topological polar surface area (TPSA) is 72.9 Å². The van der Waals surface area contributed by atoms with Crippen LogP contribution in [0.15, 0.2) is 36.4 Å². The van der Waals surface area contributed by atoms with Crippen LogP contribution in [0.1, 0.15) is 17.5 Å². The fourth-order valence-electron chi connectivity index (χ4n) is 3.33. The van der Waals surface area contributed by atoms with Gasteiger partial charge in [-0.25, -0.2) is 5.48 Å². The summed E-state index contributed by atoms with van der Waals surface area (Å²) in [4.78, 5) is 27.5. The molecule has 2 bridgehead atoms. The van der Waals surface area contributed by atoms with Crippen LogP contribution in [-0.4, -0.2) is 59.0 Å². The van der Waals surface area contributed by atoms with Gasteiger partial charge >= 0.3 is 0 Å². The first kappa shape index (κ1) is 16.4. The largest absolute Gasteiger partial charge is 0.333 e. The Morgan fingerprint density at radius 2 is 1.71 bits per heavy atom. The molecule has 1 aromatic carbocycles. The highest BCUT2D eigenvalue weighted by molar-refractivity contribution is 5.92. The van der Waals surface area contributed by atoms with Crippen molar-refractivity contribution in [3.05, 3.63) is 47.5 Å². The lowest BCUT2D eigenvalue weighted by atomic mass is 10.1. The van der Waals surface area contributed by atoms with E-state index in [-0.39, 0.29) is 5.91 Å². The normalized spacial score (nSPS) is 23.5. The Kier molecular flexibility index (Phi) is 4.78. The highest BCUT2D eigenvalue weighted by Gasteiger charge is 2.42. The summed E-state index contributed by atoms with van der Waals surface area (Å²) in [6.07, 6.45) is 7.37. The molecule has 3 rings (SSSR count). The van der Waals surface area contributed by atoms with Crippen LogP contribution in [0.25, 0.3) is 12.2 Å². The zero-order valence-corrected chi connectivity index (χ0v) is 13.6. The van der Waals surface area contributed by atoms with Gasteiger partial charge in [0.2, 0.25) is 5.91 Å². The van der Waals surface area contributed by atoms with Crippen molar-refractivity contribution in [1.82, 2.24) is 15.3 Å². The van der Waals surface area contributed by atoms with Crippen LogP contribution in [0.5, 0.6) is 0 Å². The van der Waals surface area contributed by atoms with Crippen molar-refractivity contribution >= 4 is 24.0 Å². The number of amides is 2. The van der Waals surface area contributed by atoms with Crippen molar-refractivity contribution in [2.45, 2.75) is 18.5 Å². The van der Waals surface area contributed by atoms with Gasteiger partial charge in [0.15, 0.2) is 0 Å². The minimum atomic E-state index is -0.574. The third-order valence-corrected chi connectivity index (χ3v) is 4.69. The minimum absolute atomic E-state index is 0.0687. The number of hydroxylamine groups is 1. The number of likely N-dealkylation sites (tertiary alicyclic amines) is 2. The van der Waals surface area contributed by atoms with Crippen LogP contribution in [-0.2, 0) is 9.59 Å². The number of fused-ring (bicyclic) bond motifs is 2. The second-order valence-corrected chi connectivity index (χ2v) is 6.28. The average Bonchev–Trinajstić information content (AvgIpc) is 3.17. The van der Waals surface area contributed by atoms with Crippen LogP contribution in [0.4, 0.5) is 0 Å². The fraction of sp³-hybridized carbons (Fsp3) is 0.333. The van der Waals surface area contributed by atoms with Gasteiger partial charge in [-0.05, 0) is 36.7 Å². The minimum Gasteiger partial charge on any atom is -0.333 e. The second kappa shape index (κ2) is 6.98. The van der Waals surface area contributed by atoms with Crippen molar-refractivity contribution in [1.29, 1.82) is 0 Å². The summed E-state index contributed by atoms with van der Waals surface area (Å²) < 4.78 is 0. The molecule has 2 atom stereocenters. The van der Waals surface area contributed by atoms with Crippen molar-refractivity contribution in [2.75, 3.05) is 20.1 Å². The molecule has 2 aliphatic rings. The maximum absolute atomic E-state index is 12.3. The van der Waals surface area contributed by atoms with Gasteiger partial charge in [0.25, 0.3) is 5.91 Å². The summed E-state index contributed by atoms with van der Waals surface area (Å²) in [7, 11) is 2.11. The van der Waals surface area contributed by atoms with Crippen LogP contribution >= 0.6 is 0 Å². The van der Waals surface area contributed by atoms with Crippen molar-refractivity contribution < 1.29 is 14.8 Å². The van der Waals surface area contributed by atoms with Gasteiger partial charge in [-0.15, -0.1) is 0 Å². The summed E-state index contributed by atoms with van der Waals surface area (Å²) in [5.41, 5.74) is 3.30. The highest BCUT2D eigenvalue weighted by atomic mass is 16.5. The van der Waals surface area contributed by atoms with E-state index in [1.165, 1.54) is 11.6 Å². The predicted octanol–water partition coefficient (Wildman–Crippen LogP) is 1.13. The number of benzene rings is 1.